The monoisotopic (exact) mass is 359 g/mol. The van der Waals surface area contributed by atoms with Crippen LogP contribution < -0.4 is 4.90 Å². The molecule has 1 fully saturated rings. The second kappa shape index (κ2) is 6.44. The lowest BCUT2D eigenvalue weighted by Gasteiger charge is -2.40. The quantitative estimate of drug-likeness (QED) is 0.605. The van der Waals surface area contributed by atoms with E-state index in [0.717, 1.165) is 12.8 Å². The van der Waals surface area contributed by atoms with Crippen LogP contribution in [0.15, 0.2) is 54.2 Å². The lowest BCUT2D eigenvalue weighted by atomic mass is 9.81. The smallest absolute Gasteiger partial charge is 0.104 e. The van der Waals surface area contributed by atoms with Gasteiger partial charge in [-0.05, 0) is 56.7 Å². The van der Waals surface area contributed by atoms with Crippen molar-refractivity contribution in [2.75, 3.05) is 4.90 Å². The Balaban J connectivity index is 1.70. The fraction of sp³-hybridized carbons (Fsp3) is 0.440. The molecule has 140 valence electrons. The normalized spacial score (nSPS) is 28.4. The third kappa shape index (κ3) is 2.46. The summed E-state index contributed by atoms with van der Waals surface area (Å²) >= 11 is 0. The van der Waals surface area contributed by atoms with Crippen LogP contribution >= 0.6 is 0 Å². The molecule has 3 aliphatic rings. The second-order valence-electron chi connectivity index (χ2n) is 8.36. The maximum absolute atomic E-state index is 9.88. The summed E-state index contributed by atoms with van der Waals surface area (Å²) < 4.78 is 9.88. The van der Waals surface area contributed by atoms with E-state index in [-0.39, 0.29) is 6.17 Å². The zero-order valence-corrected chi connectivity index (χ0v) is 16.7. The average Bonchev–Trinajstić information content (AvgIpc) is 3.15. The maximum atomic E-state index is 9.88. The van der Waals surface area contributed by atoms with Crippen LogP contribution in [-0.2, 0) is 0 Å². The van der Waals surface area contributed by atoms with Crippen molar-refractivity contribution in [2.45, 2.75) is 65.1 Å². The minimum Gasteiger partial charge on any atom is -0.342 e. The van der Waals surface area contributed by atoms with Crippen LogP contribution in [0.1, 0.15) is 70.0 Å². The number of rotatable bonds is 2. The summed E-state index contributed by atoms with van der Waals surface area (Å²) in [4.78, 5) is 4.89. The van der Waals surface area contributed by atoms with Crippen LogP contribution in [0.2, 0.25) is 0 Å². The van der Waals surface area contributed by atoms with Gasteiger partial charge in [0, 0.05) is 16.9 Å². The minimum absolute atomic E-state index is 0.142. The van der Waals surface area contributed by atoms with E-state index in [1.165, 1.54) is 53.0 Å². The van der Waals surface area contributed by atoms with Gasteiger partial charge in [-0.2, -0.15) is 0 Å². The summed E-state index contributed by atoms with van der Waals surface area (Å²) in [6.07, 6.45) is 6.31. The van der Waals surface area contributed by atoms with Crippen molar-refractivity contribution >= 4 is 11.4 Å². The van der Waals surface area contributed by atoms with Gasteiger partial charge in [-0.25, -0.2) is 0 Å². The van der Waals surface area contributed by atoms with Gasteiger partial charge >= 0.3 is 0 Å². The van der Waals surface area contributed by atoms with Crippen LogP contribution in [0.3, 0.4) is 0 Å². The van der Waals surface area contributed by atoms with Crippen molar-refractivity contribution in [3.05, 3.63) is 70.9 Å². The van der Waals surface area contributed by atoms with Crippen LogP contribution in [0.5, 0.6) is 0 Å². The van der Waals surface area contributed by atoms with Crippen molar-refractivity contribution < 1.29 is 1.37 Å². The molecule has 2 heterocycles. The highest BCUT2D eigenvalue weighted by molar-refractivity contribution is 5.81. The predicted molar refractivity (Wildman–Crippen MR) is 113 cm³/mol. The Morgan fingerprint density at radius 3 is 2.41 bits per heavy atom. The molecule has 1 saturated carbocycles. The Morgan fingerprint density at radius 1 is 0.926 bits per heavy atom. The topological polar surface area (TPSA) is 6.48 Å². The average molecular weight is 360 g/mol. The minimum atomic E-state index is -0.662. The van der Waals surface area contributed by atoms with Crippen molar-refractivity contribution in [3.63, 3.8) is 0 Å². The van der Waals surface area contributed by atoms with Gasteiger partial charge < -0.3 is 9.80 Å². The fourth-order valence-electron chi connectivity index (χ4n) is 5.57. The lowest BCUT2D eigenvalue weighted by molar-refractivity contribution is 0.162. The van der Waals surface area contributed by atoms with Gasteiger partial charge in [-0.15, -0.1) is 0 Å². The van der Waals surface area contributed by atoms with Crippen LogP contribution in [0.25, 0.3) is 5.70 Å². The summed E-state index contributed by atoms with van der Waals surface area (Å²) in [6, 6.07) is 16.7. The molecule has 2 aromatic rings. The van der Waals surface area contributed by atoms with Crippen LogP contribution in [0, 0.1) is 12.8 Å². The summed E-state index contributed by atoms with van der Waals surface area (Å²) in [7, 11) is 0. The molecule has 0 N–H and O–H groups in total. The number of nitrogens with zero attached hydrogens (tertiary/aromatic N) is 2. The first-order valence-electron chi connectivity index (χ1n) is 11.0. The highest BCUT2D eigenvalue weighted by Crippen LogP contribution is 2.55. The van der Waals surface area contributed by atoms with Crippen LogP contribution in [0.4, 0.5) is 5.69 Å². The Morgan fingerprint density at radius 2 is 1.63 bits per heavy atom. The number of allylic oxidation sites excluding steroid dienone is 1. The van der Waals surface area contributed by atoms with Gasteiger partial charge in [0.2, 0.25) is 0 Å². The largest absolute Gasteiger partial charge is 0.342 e. The van der Waals surface area contributed by atoms with Crippen molar-refractivity contribution in [1.29, 1.82) is 0 Å². The van der Waals surface area contributed by atoms with E-state index in [4.69, 9.17) is 0 Å². The molecule has 2 heteroatoms. The third-order valence-corrected chi connectivity index (χ3v) is 6.78. The summed E-state index contributed by atoms with van der Waals surface area (Å²) in [5.74, 6) is 0.395. The highest BCUT2D eigenvalue weighted by Gasteiger charge is 2.47. The second-order valence-corrected chi connectivity index (χ2v) is 8.36. The van der Waals surface area contributed by atoms with E-state index in [0.29, 0.717) is 5.92 Å². The zero-order chi connectivity index (χ0) is 19.5. The molecule has 0 radical (unpaired) electrons. The van der Waals surface area contributed by atoms with Crippen LogP contribution in [-0.4, -0.2) is 11.1 Å². The summed E-state index contributed by atoms with van der Waals surface area (Å²) in [6.45, 7) is 6.70. The molecular formula is C25H30N2. The molecule has 0 amide bonds. The maximum Gasteiger partial charge on any atom is 0.104 e. The Hall–Kier alpha value is -2.22. The molecule has 0 bridgehead atoms. The molecule has 1 aliphatic carbocycles. The molecule has 2 aliphatic heterocycles. The van der Waals surface area contributed by atoms with Crippen molar-refractivity contribution in [2.24, 2.45) is 5.92 Å². The van der Waals surface area contributed by atoms with Gasteiger partial charge in [0.15, 0.2) is 0 Å². The Kier molecular flexibility index (Phi) is 3.77. The SMILES string of the molecule is [2H]C1(C2CCCCC2)c2ccccc2C2=C(C)N(c3ccccc3C)C(C)N21. The van der Waals surface area contributed by atoms with Gasteiger partial charge in [-0.1, -0.05) is 61.7 Å². The molecule has 0 spiro atoms. The molecule has 5 rings (SSSR count). The van der Waals surface area contributed by atoms with E-state index in [2.05, 4.69) is 79.1 Å². The van der Waals surface area contributed by atoms with E-state index in [9.17, 15) is 1.37 Å². The molecule has 2 nitrogen and oxygen atoms in total. The van der Waals surface area contributed by atoms with E-state index < -0.39 is 6.02 Å². The summed E-state index contributed by atoms with van der Waals surface area (Å²) in [5.41, 5.74) is 7.58. The van der Waals surface area contributed by atoms with Gasteiger partial charge in [0.05, 0.1) is 13.1 Å². The first-order chi connectivity index (χ1) is 13.5. The standard InChI is InChI=1S/C25H30N2/c1-17-11-7-10-16-23(17)26-18(2)24-21-14-8-9-15-22(21)25(27(24)19(26)3)20-12-5-4-6-13-20/h7-11,14-16,19-20,25H,4-6,12-13H2,1-3H3/i25D. The number of fused-ring (bicyclic) bond motifs is 3. The predicted octanol–water partition coefficient (Wildman–Crippen LogP) is 6.49. The third-order valence-electron chi connectivity index (χ3n) is 6.78. The van der Waals surface area contributed by atoms with Crippen molar-refractivity contribution in [1.82, 2.24) is 4.90 Å². The molecule has 2 aromatic carbocycles. The molecule has 0 saturated heterocycles. The number of hydrogen-bond donors (Lipinski definition) is 0. The zero-order valence-electron chi connectivity index (χ0n) is 17.7. The number of hydrogen-bond acceptors (Lipinski definition) is 2. The van der Waals surface area contributed by atoms with Gasteiger partial charge in [-0.3, -0.25) is 0 Å². The molecular weight excluding hydrogens is 328 g/mol. The number of benzene rings is 2. The van der Waals surface area contributed by atoms with E-state index in [1.807, 2.05) is 0 Å². The van der Waals surface area contributed by atoms with Crippen molar-refractivity contribution in [3.8, 4) is 0 Å². The van der Waals surface area contributed by atoms with Gasteiger partial charge in [0.25, 0.3) is 0 Å². The Bertz CT molecular complexity index is 943. The first kappa shape index (κ1) is 15.8. The Labute approximate surface area is 164 Å². The molecule has 2 atom stereocenters. The fourth-order valence-corrected chi connectivity index (χ4v) is 5.57. The number of aryl methyl sites for hydroxylation is 1. The van der Waals surface area contributed by atoms with E-state index >= 15 is 0 Å². The van der Waals surface area contributed by atoms with Gasteiger partial charge in [0.1, 0.15) is 6.17 Å². The molecule has 27 heavy (non-hydrogen) atoms. The summed E-state index contributed by atoms with van der Waals surface area (Å²) in [5, 5.41) is 0. The highest BCUT2D eigenvalue weighted by atomic mass is 15.4. The molecule has 0 aromatic heterocycles. The lowest BCUT2D eigenvalue weighted by Crippen LogP contribution is -2.40. The molecule has 2 unspecified atom stereocenters. The first-order valence-corrected chi connectivity index (χ1v) is 10.5. The number of anilines is 1. The van der Waals surface area contributed by atoms with E-state index in [1.54, 1.807) is 0 Å². The number of para-hydroxylation sites is 1.